The van der Waals surface area contributed by atoms with Crippen LogP contribution in [0.5, 0.6) is 0 Å². The number of halogens is 2. The van der Waals surface area contributed by atoms with E-state index in [2.05, 4.69) is 22.2 Å². The van der Waals surface area contributed by atoms with Crippen molar-refractivity contribution in [3.8, 4) is 10.6 Å². The van der Waals surface area contributed by atoms with Crippen molar-refractivity contribution < 1.29 is 4.39 Å². The highest BCUT2D eigenvalue weighted by Crippen LogP contribution is 2.30. The number of nitrogens with zero attached hydrogens (tertiary/aromatic N) is 2. The molecule has 1 aromatic heterocycles. The smallest absolute Gasteiger partial charge is 0.123 e. The zero-order valence-corrected chi connectivity index (χ0v) is 14.2. The molecule has 0 saturated carbocycles. The van der Waals surface area contributed by atoms with E-state index in [0.29, 0.717) is 0 Å². The maximum atomic E-state index is 13.0. The van der Waals surface area contributed by atoms with Crippen LogP contribution in [-0.2, 0) is 6.54 Å². The van der Waals surface area contributed by atoms with Gasteiger partial charge >= 0.3 is 0 Å². The maximum Gasteiger partial charge on any atom is 0.123 e. The SMILES string of the molecule is CC1(CN)CCN(Cc2csc(-c3ccc(F)cc3)n2)C1.Cl. The minimum absolute atomic E-state index is 0. The molecular weight excluding hydrogens is 321 g/mol. The van der Waals surface area contributed by atoms with Crippen LogP contribution in [0.15, 0.2) is 29.6 Å². The van der Waals surface area contributed by atoms with Crippen LogP contribution in [0.4, 0.5) is 4.39 Å². The lowest BCUT2D eigenvalue weighted by Crippen LogP contribution is -2.31. The molecule has 6 heteroatoms. The number of hydrogen-bond donors (Lipinski definition) is 1. The summed E-state index contributed by atoms with van der Waals surface area (Å²) in [5.41, 5.74) is 8.15. The van der Waals surface area contributed by atoms with Crippen molar-refractivity contribution in [1.82, 2.24) is 9.88 Å². The van der Waals surface area contributed by atoms with Gasteiger partial charge in [-0.05, 0) is 49.2 Å². The van der Waals surface area contributed by atoms with Gasteiger partial charge in [0.2, 0.25) is 0 Å². The Morgan fingerprint density at radius 3 is 2.73 bits per heavy atom. The number of likely N-dealkylation sites (tertiary alicyclic amines) is 1. The van der Waals surface area contributed by atoms with E-state index in [9.17, 15) is 4.39 Å². The first kappa shape index (κ1) is 17.3. The molecule has 0 radical (unpaired) electrons. The van der Waals surface area contributed by atoms with Gasteiger partial charge in [-0.25, -0.2) is 9.37 Å². The minimum atomic E-state index is -0.214. The third kappa shape index (κ3) is 3.84. The van der Waals surface area contributed by atoms with Crippen molar-refractivity contribution in [2.75, 3.05) is 19.6 Å². The van der Waals surface area contributed by atoms with E-state index < -0.39 is 0 Å². The number of rotatable bonds is 4. The summed E-state index contributed by atoms with van der Waals surface area (Å²) in [5, 5.41) is 3.04. The largest absolute Gasteiger partial charge is 0.330 e. The Balaban J connectivity index is 0.00000176. The fourth-order valence-corrected chi connectivity index (χ4v) is 3.58. The Labute approximate surface area is 140 Å². The highest BCUT2D eigenvalue weighted by Gasteiger charge is 2.32. The molecule has 1 saturated heterocycles. The molecule has 1 unspecified atom stereocenters. The molecule has 2 aromatic rings. The lowest BCUT2D eigenvalue weighted by molar-refractivity contribution is 0.272. The molecule has 1 fully saturated rings. The highest BCUT2D eigenvalue weighted by molar-refractivity contribution is 7.13. The zero-order valence-electron chi connectivity index (χ0n) is 12.6. The Hall–Kier alpha value is -1.01. The summed E-state index contributed by atoms with van der Waals surface area (Å²) in [6.45, 7) is 5.97. The topological polar surface area (TPSA) is 42.1 Å². The van der Waals surface area contributed by atoms with E-state index >= 15 is 0 Å². The normalized spacial score (nSPS) is 21.8. The van der Waals surface area contributed by atoms with Gasteiger partial charge in [0, 0.05) is 24.0 Å². The van der Waals surface area contributed by atoms with Gasteiger partial charge in [0.25, 0.3) is 0 Å². The van der Waals surface area contributed by atoms with E-state index in [-0.39, 0.29) is 23.6 Å². The van der Waals surface area contributed by atoms with Crippen molar-refractivity contribution in [2.45, 2.75) is 19.9 Å². The predicted molar refractivity (Wildman–Crippen MR) is 91.8 cm³/mol. The molecule has 1 aliphatic heterocycles. The first-order valence-corrected chi connectivity index (χ1v) is 8.09. The van der Waals surface area contributed by atoms with E-state index in [1.165, 1.54) is 12.1 Å². The molecule has 0 spiro atoms. The first-order chi connectivity index (χ1) is 10.1. The third-order valence-electron chi connectivity index (χ3n) is 4.16. The van der Waals surface area contributed by atoms with Gasteiger partial charge in [-0.2, -0.15) is 0 Å². The Bertz CT molecular complexity index is 616. The zero-order chi connectivity index (χ0) is 14.9. The second-order valence-corrected chi connectivity index (χ2v) is 6.98. The summed E-state index contributed by atoms with van der Waals surface area (Å²) in [6.07, 6.45) is 1.15. The van der Waals surface area contributed by atoms with Crippen LogP contribution in [0.2, 0.25) is 0 Å². The molecule has 0 bridgehead atoms. The van der Waals surface area contributed by atoms with Crippen LogP contribution in [0.3, 0.4) is 0 Å². The lowest BCUT2D eigenvalue weighted by atomic mass is 9.90. The third-order valence-corrected chi connectivity index (χ3v) is 5.10. The van der Waals surface area contributed by atoms with Crippen molar-refractivity contribution >= 4 is 23.7 Å². The minimum Gasteiger partial charge on any atom is -0.330 e. The van der Waals surface area contributed by atoms with Crippen LogP contribution in [0.25, 0.3) is 10.6 Å². The number of nitrogens with two attached hydrogens (primary N) is 1. The molecular formula is C16H21ClFN3S. The molecule has 0 amide bonds. The van der Waals surface area contributed by atoms with Gasteiger partial charge in [0.15, 0.2) is 0 Å². The highest BCUT2D eigenvalue weighted by atomic mass is 35.5. The van der Waals surface area contributed by atoms with Crippen molar-refractivity contribution in [3.63, 3.8) is 0 Å². The van der Waals surface area contributed by atoms with Crippen LogP contribution < -0.4 is 5.73 Å². The Morgan fingerprint density at radius 1 is 1.36 bits per heavy atom. The molecule has 1 aromatic carbocycles. The summed E-state index contributed by atoms with van der Waals surface area (Å²) >= 11 is 1.61. The molecule has 1 aliphatic rings. The number of benzene rings is 1. The van der Waals surface area contributed by atoms with E-state index in [1.807, 2.05) is 0 Å². The molecule has 1 atom stereocenters. The Kier molecular flexibility index (Phi) is 5.55. The molecule has 2 heterocycles. The maximum absolute atomic E-state index is 13.0. The van der Waals surface area contributed by atoms with E-state index in [1.54, 1.807) is 23.5 Å². The molecule has 120 valence electrons. The van der Waals surface area contributed by atoms with Crippen molar-refractivity contribution in [2.24, 2.45) is 11.1 Å². The molecule has 2 N–H and O–H groups in total. The van der Waals surface area contributed by atoms with Gasteiger partial charge in [-0.3, -0.25) is 4.90 Å². The lowest BCUT2D eigenvalue weighted by Gasteiger charge is -2.22. The quantitative estimate of drug-likeness (QED) is 0.924. The molecule has 3 rings (SSSR count). The predicted octanol–water partition coefficient (Wildman–Crippen LogP) is 3.54. The summed E-state index contributed by atoms with van der Waals surface area (Å²) in [7, 11) is 0. The molecule has 3 nitrogen and oxygen atoms in total. The summed E-state index contributed by atoms with van der Waals surface area (Å²) in [6, 6.07) is 6.51. The summed E-state index contributed by atoms with van der Waals surface area (Å²) in [4.78, 5) is 7.08. The van der Waals surface area contributed by atoms with Crippen molar-refractivity contribution in [1.29, 1.82) is 0 Å². The number of thiazole rings is 1. The Morgan fingerprint density at radius 2 is 2.09 bits per heavy atom. The monoisotopic (exact) mass is 341 g/mol. The molecule has 22 heavy (non-hydrogen) atoms. The summed E-state index contributed by atoms with van der Waals surface area (Å²) < 4.78 is 13.0. The van der Waals surface area contributed by atoms with Crippen LogP contribution in [-0.4, -0.2) is 29.5 Å². The van der Waals surface area contributed by atoms with Crippen LogP contribution >= 0.6 is 23.7 Å². The second-order valence-electron chi connectivity index (χ2n) is 6.13. The van der Waals surface area contributed by atoms with Gasteiger partial charge in [0.05, 0.1) is 5.69 Å². The average Bonchev–Trinajstić information content (AvgIpc) is 3.08. The number of aromatic nitrogens is 1. The van der Waals surface area contributed by atoms with Gasteiger partial charge in [-0.1, -0.05) is 6.92 Å². The molecule has 0 aliphatic carbocycles. The van der Waals surface area contributed by atoms with Gasteiger partial charge in [0.1, 0.15) is 10.8 Å². The summed E-state index contributed by atoms with van der Waals surface area (Å²) in [5.74, 6) is -0.214. The first-order valence-electron chi connectivity index (χ1n) is 7.21. The second kappa shape index (κ2) is 7.04. The standard InChI is InChI=1S/C16H20FN3S.ClH/c1-16(10-18)6-7-20(11-16)8-14-9-21-15(19-14)12-2-4-13(17)5-3-12;/h2-5,9H,6-8,10-11,18H2,1H3;1H. The number of hydrogen-bond acceptors (Lipinski definition) is 4. The van der Waals surface area contributed by atoms with Crippen LogP contribution in [0.1, 0.15) is 19.0 Å². The van der Waals surface area contributed by atoms with Gasteiger partial charge < -0.3 is 5.73 Å². The fraction of sp³-hybridized carbons (Fsp3) is 0.438. The van der Waals surface area contributed by atoms with Crippen molar-refractivity contribution in [3.05, 3.63) is 41.2 Å². The van der Waals surface area contributed by atoms with Crippen LogP contribution in [0, 0.1) is 11.2 Å². The average molecular weight is 342 g/mol. The fourth-order valence-electron chi connectivity index (χ4n) is 2.76. The van der Waals surface area contributed by atoms with E-state index in [0.717, 1.165) is 48.9 Å². The van der Waals surface area contributed by atoms with Gasteiger partial charge in [-0.15, -0.1) is 23.7 Å². The van der Waals surface area contributed by atoms with E-state index in [4.69, 9.17) is 5.73 Å².